The molecule has 1 aliphatic rings. The van der Waals surface area contributed by atoms with Crippen molar-refractivity contribution in [2.75, 3.05) is 18.5 Å². The van der Waals surface area contributed by atoms with Crippen LogP contribution >= 0.6 is 15.9 Å². The van der Waals surface area contributed by atoms with E-state index >= 15 is 0 Å². The van der Waals surface area contributed by atoms with E-state index in [1.807, 2.05) is 25.1 Å². The molecule has 0 spiro atoms. The minimum absolute atomic E-state index is 0.209. The zero-order valence-electron chi connectivity index (χ0n) is 11.5. The van der Waals surface area contributed by atoms with Crippen molar-refractivity contribution >= 4 is 27.5 Å². The van der Waals surface area contributed by atoms with Crippen LogP contribution in [0.2, 0.25) is 0 Å². The Labute approximate surface area is 131 Å². The van der Waals surface area contributed by atoms with E-state index < -0.39 is 0 Å². The summed E-state index contributed by atoms with van der Waals surface area (Å²) in [5.41, 5.74) is 2.28. The summed E-state index contributed by atoms with van der Waals surface area (Å²) in [6, 6.07) is 11.0. The Morgan fingerprint density at radius 2 is 2.00 bits per heavy atom. The summed E-state index contributed by atoms with van der Waals surface area (Å²) in [4.78, 5) is 12.4. The van der Waals surface area contributed by atoms with Crippen molar-refractivity contribution in [3.05, 3.63) is 52.0 Å². The van der Waals surface area contributed by atoms with Crippen molar-refractivity contribution in [3.8, 4) is 11.5 Å². The molecule has 0 radical (unpaired) electrons. The largest absolute Gasteiger partial charge is 0.486 e. The lowest BCUT2D eigenvalue weighted by molar-refractivity contribution is 0.101. The van der Waals surface area contributed by atoms with Crippen LogP contribution in [0.25, 0.3) is 0 Å². The molecule has 0 atom stereocenters. The van der Waals surface area contributed by atoms with Crippen LogP contribution in [-0.2, 0) is 0 Å². The number of benzene rings is 2. The van der Waals surface area contributed by atoms with E-state index in [-0.39, 0.29) is 5.91 Å². The minimum atomic E-state index is -0.209. The summed E-state index contributed by atoms with van der Waals surface area (Å²) in [5, 5.41) is 2.88. The Bertz CT molecular complexity index is 700. The van der Waals surface area contributed by atoms with E-state index in [1.54, 1.807) is 18.2 Å². The predicted octanol–water partition coefficient (Wildman–Crippen LogP) is 3.78. The van der Waals surface area contributed by atoms with Crippen LogP contribution in [-0.4, -0.2) is 19.1 Å². The normalized spacial score (nSPS) is 12.9. The number of nitrogens with one attached hydrogen (secondary N) is 1. The third kappa shape index (κ3) is 2.88. The zero-order chi connectivity index (χ0) is 14.8. The van der Waals surface area contributed by atoms with Crippen LogP contribution in [0.4, 0.5) is 5.69 Å². The molecule has 21 heavy (non-hydrogen) atoms. The molecule has 2 aromatic carbocycles. The molecule has 0 unspecified atom stereocenters. The summed E-state index contributed by atoms with van der Waals surface area (Å²) < 4.78 is 12.1. The molecule has 108 valence electrons. The fourth-order valence-corrected chi connectivity index (χ4v) is 2.42. The molecule has 3 rings (SSSR count). The van der Waals surface area contributed by atoms with Gasteiger partial charge in [-0.15, -0.1) is 0 Å². The first-order valence-electron chi connectivity index (χ1n) is 6.61. The number of carbonyl (C=O) groups is 1. The van der Waals surface area contributed by atoms with Crippen LogP contribution < -0.4 is 14.8 Å². The van der Waals surface area contributed by atoms with Crippen LogP contribution in [0.1, 0.15) is 15.9 Å². The SMILES string of the molecule is Cc1cc(NC(=O)c2cccc3c2OCCO3)ccc1Br. The maximum atomic E-state index is 12.4. The van der Waals surface area contributed by atoms with Gasteiger partial charge in [-0.3, -0.25) is 4.79 Å². The van der Waals surface area contributed by atoms with Crippen LogP contribution in [0.3, 0.4) is 0 Å². The Kier molecular flexibility index (Phi) is 3.84. The van der Waals surface area contributed by atoms with Gasteiger partial charge in [0, 0.05) is 10.2 Å². The highest BCUT2D eigenvalue weighted by molar-refractivity contribution is 9.10. The number of hydrogen-bond acceptors (Lipinski definition) is 3. The number of aryl methyl sites for hydroxylation is 1. The summed E-state index contributed by atoms with van der Waals surface area (Å²) in [6.45, 7) is 2.93. The number of hydrogen-bond donors (Lipinski definition) is 1. The lowest BCUT2D eigenvalue weighted by Gasteiger charge is -2.20. The van der Waals surface area contributed by atoms with Gasteiger partial charge in [-0.25, -0.2) is 0 Å². The molecular formula is C16H14BrNO3. The molecule has 0 aromatic heterocycles. The van der Waals surface area contributed by atoms with Gasteiger partial charge in [-0.05, 0) is 42.8 Å². The lowest BCUT2D eigenvalue weighted by Crippen LogP contribution is -2.20. The number of carbonyl (C=O) groups excluding carboxylic acids is 1. The number of rotatable bonds is 2. The quantitative estimate of drug-likeness (QED) is 0.899. The molecule has 1 amide bonds. The maximum absolute atomic E-state index is 12.4. The van der Waals surface area contributed by atoms with E-state index in [1.165, 1.54) is 0 Å². The summed E-state index contributed by atoms with van der Waals surface area (Å²) in [6.07, 6.45) is 0. The molecule has 2 aromatic rings. The van der Waals surface area contributed by atoms with E-state index in [4.69, 9.17) is 9.47 Å². The fourth-order valence-electron chi connectivity index (χ4n) is 2.17. The first-order valence-corrected chi connectivity index (χ1v) is 7.40. The second-order valence-electron chi connectivity index (χ2n) is 4.75. The first kappa shape index (κ1) is 13.9. The van der Waals surface area contributed by atoms with E-state index in [9.17, 15) is 4.79 Å². The van der Waals surface area contributed by atoms with Gasteiger partial charge in [0.1, 0.15) is 13.2 Å². The molecule has 1 heterocycles. The number of ether oxygens (including phenoxy) is 2. The summed E-state index contributed by atoms with van der Waals surface area (Å²) in [7, 11) is 0. The average Bonchev–Trinajstić information content (AvgIpc) is 2.50. The van der Waals surface area contributed by atoms with Crippen molar-refractivity contribution in [2.24, 2.45) is 0 Å². The second kappa shape index (κ2) is 5.77. The van der Waals surface area contributed by atoms with E-state index in [0.29, 0.717) is 30.3 Å². The number of halogens is 1. The maximum Gasteiger partial charge on any atom is 0.259 e. The Morgan fingerprint density at radius 1 is 1.19 bits per heavy atom. The van der Waals surface area contributed by atoms with Gasteiger partial charge in [0.05, 0.1) is 5.56 Å². The molecule has 0 saturated carbocycles. The summed E-state index contributed by atoms with van der Waals surface area (Å²) in [5.74, 6) is 0.912. The number of fused-ring (bicyclic) bond motifs is 1. The standard InChI is InChI=1S/C16H14BrNO3/c1-10-9-11(5-6-13(10)17)18-16(19)12-3-2-4-14-15(12)21-8-7-20-14/h2-6,9H,7-8H2,1H3,(H,18,19). The van der Waals surface area contributed by atoms with E-state index in [0.717, 1.165) is 15.7 Å². The number of anilines is 1. The van der Waals surface area contributed by atoms with Gasteiger partial charge < -0.3 is 14.8 Å². The second-order valence-corrected chi connectivity index (χ2v) is 5.60. The van der Waals surface area contributed by atoms with Crippen LogP contribution in [0.5, 0.6) is 11.5 Å². The predicted molar refractivity (Wildman–Crippen MR) is 84.3 cm³/mol. The topological polar surface area (TPSA) is 47.6 Å². The highest BCUT2D eigenvalue weighted by Crippen LogP contribution is 2.34. The molecular weight excluding hydrogens is 334 g/mol. The van der Waals surface area contributed by atoms with Gasteiger partial charge in [0.25, 0.3) is 5.91 Å². The van der Waals surface area contributed by atoms with E-state index in [2.05, 4.69) is 21.2 Å². The molecule has 0 aliphatic carbocycles. The van der Waals surface area contributed by atoms with Crippen molar-refractivity contribution in [2.45, 2.75) is 6.92 Å². The van der Waals surface area contributed by atoms with Gasteiger partial charge in [0.15, 0.2) is 11.5 Å². The van der Waals surface area contributed by atoms with Crippen LogP contribution in [0, 0.1) is 6.92 Å². The molecule has 1 N–H and O–H groups in total. The Morgan fingerprint density at radius 3 is 2.81 bits per heavy atom. The highest BCUT2D eigenvalue weighted by atomic mass is 79.9. The Hall–Kier alpha value is -2.01. The van der Waals surface area contributed by atoms with Crippen LogP contribution in [0.15, 0.2) is 40.9 Å². The molecule has 0 saturated heterocycles. The van der Waals surface area contributed by atoms with Gasteiger partial charge in [0.2, 0.25) is 0 Å². The number of amides is 1. The molecule has 0 bridgehead atoms. The first-order chi connectivity index (χ1) is 10.1. The highest BCUT2D eigenvalue weighted by Gasteiger charge is 2.20. The molecule has 5 heteroatoms. The van der Waals surface area contributed by atoms with Crippen molar-refractivity contribution in [1.82, 2.24) is 0 Å². The Balaban J connectivity index is 1.87. The summed E-state index contributed by atoms with van der Waals surface area (Å²) >= 11 is 3.44. The van der Waals surface area contributed by atoms with Gasteiger partial charge in [-0.1, -0.05) is 22.0 Å². The molecule has 1 aliphatic heterocycles. The number of para-hydroxylation sites is 1. The average molecular weight is 348 g/mol. The third-order valence-corrected chi connectivity index (χ3v) is 4.12. The van der Waals surface area contributed by atoms with Crippen molar-refractivity contribution in [1.29, 1.82) is 0 Å². The third-order valence-electron chi connectivity index (χ3n) is 3.23. The lowest BCUT2D eigenvalue weighted by atomic mass is 10.1. The van der Waals surface area contributed by atoms with Crippen molar-refractivity contribution in [3.63, 3.8) is 0 Å². The van der Waals surface area contributed by atoms with Crippen molar-refractivity contribution < 1.29 is 14.3 Å². The molecule has 0 fully saturated rings. The zero-order valence-corrected chi connectivity index (χ0v) is 13.1. The fraction of sp³-hybridized carbons (Fsp3) is 0.188. The van der Waals surface area contributed by atoms with Gasteiger partial charge >= 0.3 is 0 Å². The molecule has 4 nitrogen and oxygen atoms in total. The minimum Gasteiger partial charge on any atom is -0.486 e. The monoisotopic (exact) mass is 347 g/mol. The smallest absolute Gasteiger partial charge is 0.259 e. The van der Waals surface area contributed by atoms with Gasteiger partial charge in [-0.2, -0.15) is 0 Å².